The molecule has 0 aliphatic carbocycles. The molecule has 7 aromatic rings. The highest BCUT2D eigenvalue weighted by molar-refractivity contribution is 6.34. The van der Waals surface area contributed by atoms with Crippen molar-refractivity contribution in [3.63, 3.8) is 0 Å². The second-order valence-electron chi connectivity index (χ2n) is 11.5. The maximum Gasteiger partial charge on any atom is 0.359 e. The molecule has 0 saturated heterocycles. The number of hydrogen-bond donors (Lipinski definition) is 3. The van der Waals surface area contributed by atoms with Gasteiger partial charge in [-0.25, -0.2) is 32.1 Å². The van der Waals surface area contributed by atoms with Crippen LogP contribution in [0.5, 0.6) is 0 Å². The lowest BCUT2D eigenvalue weighted by molar-refractivity contribution is 0.0697. The van der Waals surface area contributed by atoms with Crippen molar-refractivity contribution < 1.29 is 23.1 Å². The fraction of sp³-hybridized carbons (Fsp3) is 0.0857. The summed E-state index contributed by atoms with van der Waals surface area (Å²) in [5.41, 5.74) is 6.00. The Morgan fingerprint density at radius 2 is 1.76 bits per heavy atom. The number of fused-ring (bicyclic) bond motifs is 2. The average Bonchev–Trinajstić information content (AvgIpc) is 3.48. The fourth-order valence-electron chi connectivity index (χ4n) is 6.04. The summed E-state index contributed by atoms with van der Waals surface area (Å²) < 4.78 is 45.9. The molecule has 4 N–H and O–H groups in total. The van der Waals surface area contributed by atoms with Gasteiger partial charge in [0.2, 0.25) is 5.95 Å². The molecule has 3 aromatic heterocycles. The molecule has 12 nitrogen and oxygen atoms in total. The molecule has 0 atom stereocenters. The molecule has 0 aliphatic heterocycles. The lowest BCUT2D eigenvalue weighted by Gasteiger charge is -2.19. The van der Waals surface area contributed by atoms with Gasteiger partial charge in [-0.15, -0.1) is 0 Å². The molecular formula is C35H24ClF3N8O4. The van der Waals surface area contributed by atoms with Crippen LogP contribution in [0.25, 0.3) is 38.5 Å². The summed E-state index contributed by atoms with van der Waals surface area (Å²) in [5, 5.41) is 18.5. The topological polar surface area (TPSA) is 163 Å². The molecule has 16 heteroatoms. The molecule has 3 heterocycles. The number of nitrogens with zero attached hydrogens (tertiary/aromatic N) is 6. The standard InChI is InChI=1S/C35H24ClF3N8O4/c1-45-16-23-22(12-40)31(24(36)11-27(23)44-45)42-33-43-34(50)47(35(51)46(33)15-17-8-25(37)30(39)26(38)9-17)28-14-41-13-20-6-3-7-21(29(20)28)18-4-2-5-19(10-18)32(48)49/h2-11,13-14,16H,12,15,40H2,1H3,(H,48,49)(H,42,43,50). The number of aromatic carboxylic acids is 1. The molecule has 0 spiro atoms. The van der Waals surface area contributed by atoms with E-state index in [-0.39, 0.29) is 40.0 Å². The van der Waals surface area contributed by atoms with E-state index in [0.29, 0.717) is 38.4 Å². The van der Waals surface area contributed by atoms with Crippen molar-refractivity contribution in [1.82, 2.24) is 28.9 Å². The van der Waals surface area contributed by atoms with Crippen molar-refractivity contribution in [2.24, 2.45) is 12.8 Å². The summed E-state index contributed by atoms with van der Waals surface area (Å²) >= 11 is 6.64. The largest absolute Gasteiger partial charge is 0.478 e. The van der Waals surface area contributed by atoms with E-state index >= 15 is 0 Å². The molecule has 0 radical (unpaired) electrons. The first-order chi connectivity index (χ1) is 24.4. The van der Waals surface area contributed by atoms with Gasteiger partial charge in [-0.2, -0.15) is 10.1 Å². The third-order valence-electron chi connectivity index (χ3n) is 8.31. The number of carboxylic acids is 1. The average molecular weight is 713 g/mol. The SMILES string of the molecule is Cn1cc2c(CN)c(Nc3nc(=O)n(-c4cncc5cccc(-c6cccc(C(=O)O)c6)c45)c(=O)n3Cc3cc(F)c(F)c(F)c3)c(Cl)cc2n1. The highest BCUT2D eigenvalue weighted by Crippen LogP contribution is 2.35. The Balaban J connectivity index is 1.49. The lowest BCUT2D eigenvalue weighted by Crippen LogP contribution is -2.42. The zero-order valence-electron chi connectivity index (χ0n) is 26.4. The summed E-state index contributed by atoms with van der Waals surface area (Å²) in [6.07, 6.45) is 4.48. The van der Waals surface area contributed by atoms with Gasteiger partial charge in [0.25, 0.3) is 0 Å². The number of anilines is 2. The first kappa shape index (κ1) is 33.2. The summed E-state index contributed by atoms with van der Waals surface area (Å²) in [5.74, 6) is -6.20. The van der Waals surface area contributed by atoms with Crippen molar-refractivity contribution in [3.05, 3.63) is 139 Å². The zero-order chi connectivity index (χ0) is 36.1. The van der Waals surface area contributed by atoms with Crippen molar-refractivity contribution >= 4 is 50.9 Å². The van der Waals surface area contributed by atoms with Gasteiger partial charge in [0.1, 0.15) is 0 Å². The summed E-state index contributed by atoms with van der Waals surface area (Å²) in [6.45, 7) is -0.632. The Hall–Kier alpha value is -6.32. The second-order valence-corrected chi connectivity index (χ2v) is 11.9. The number of aromatic nitrogens is 6. The molecule has 51 heavy (non-hydrogen) atoms. The Labute approximate surface area is 289 Å². The van der Waals surface area contributed by atoms with Crippen LogP contribution >= 0.6 is 11.6 Å². The molecule has 0 aliphatic rings. The first-order valence-electron chi connectivity index (χ1n) is 15.1. The third kappa shape index (κ3) is 5.87. The number of benzene rings is 4. The number of rotatable bonds is 8. The van der Waals surface area contributed by atoms with Crippen molar-refractivity contribution in [2.45, 2.75) is 13.1 Å². The van der Waals surface area contributed by atoms with Crippen LogP contribution in [0.2, 0.25) is 5.02 Å². The Morgan fingerprint density at radius 3 is 2.49 bits per heavy atom. The van der Waals surface area contributed by atoms with E-state index in [9.17, 15) is 32.7 Å². The lowest BCUT2D eigenvalue weighted by atomic mass is 9.97. The Bertz CT molecular complexity index is 2660. The van der Waals surface area contributed by atoms with Crippen LogP contribution in [0, 0.1) is 17.5 Å². The van der Waals surface area contributed by atoms with Crippen LogP contribution in [-0.4, -0.2) is 40.0 Å². The van der Waals surface area contributed by atoms with Gasteiger partial charge in [-0.1, -0.05) is 41.9 Å². The number of aryl methyl sites for hydroxylation is 1. The number of nitrogens with two attached hydrogens (primary N) is 1. The smallest absolute Gasteiger partial charge is 0.359 e. The van der Waals surface area contributed by atoms with E-state index < -0.39 is 41.3 Å². The fourth-order valence-corrected chi connectivity index (χ4v) is 6.31. The van der Waals surface area contributed by atoms with E-state index in [1.807, 2.05) is 0 Å². The predicted octanol–water partition coefficient (Wildman–Crippen LogP) is 5.52. The molecule has 0 fully saturated rings. The number of pyridine rings is 1. The molecule has 0 unspecified atom stereocenters. The maximum atomic E-state index is 14.5. The minimum atomic E-state index is -1.70. The van der Waals surface area contributed by atoms with Gasteiger partial charge < -0.3 is 16.2 Å². The van der Waals surface area contributed by atoms with Crippen molar-refractivity contribution in [2.75, 3.05) is 5.32 Å². The molecule has 0 saturated carbocycles. The quantitative estimate of drug-likeness (QED) is 0.172. The summed E-state index contributed by atoms with van der Waals surface area (Å²) in [6, 6.07) is 14.2. The van der Waals surface area contributed by atoms with E-state index in [1.165, 1.54) is 24.5 Å². The van der Waals surface area contributed by atoms with E-state index in [1.54, 1.807) is 54.3 Å². The second kappa shape index (κ2) is 12.9. The molecule has 0 amide bonds. The number of hydrogen-bond acceptors (Lipinski definition) is 8. The molecule has 0 bridgehead atoms. The Morgan fingerprint density at radius 1 is 1.02 bits per heavy atom. The number of carboxylic acid groups (broad SMARTS) is 1. The molecule has 7 rings (SSSR count). The van der Waals surface area contributed by atoms with Crippen molar-refractivity contribution in [3.8, 4) is 16.8 Å². The number of nitrogens with one attached hydrogen (secondary N) is 1. The Kier molecular flexibility index (Phi) is 8.36. The van der Waals surface area contributed by atoms with Gasteiger partial charge in [-0.3, -0.25) is 14.2 Å². The van der Waals surface area contributed by atoms with Crippen LogP contribution in [0.15, 0.2) is 88.8 Å². The van der Waals surface area contributed by atoms with Crippen LogP contribution in [-0.2, 0) is 20.1 Å². The maximum absolute atomic E-state index is 14.5. The summed E-state index contributed by atoms with van der Waals surface area (Å²) in [4.78, 5) is 48.7. The highest BCUT2D eigenvalue weighted by atomic mass is 35.5. The molecule has 4 aromatic carbocycles. The van der Waals surface area contributed by atoms with Crippen molar-refractivity contribution in [1.29, 1.82) is 0 Å². The first-order valence-corrected chi connectivity index (χ1v) is 15.5. The highest BCUT2D eigenvalue weighted by Gasteiger charge is 2.23. The van der Waals surface area contributed by atoms with Gasteiger partial charge in [0, 0.05) is 47.7 Å². The molecule has 256 valence electrons. The minimum absolute atomic E-state index is 0.00969. The van der Waals surface area contributed by atoms with Crippen LogP contribution in [0.4, 0.5) is 24.8 Å². The van der Waals surface area contributed by atoms with E-state index in [2.05, 4.69) is 20.4 Å². The van der Waals surface area contributed by atoms with Gasteiger partial charge in [0.15, 0.2) is 17.5 Å². The van der Waals surface area contributed by atoms with Gasteiger partial charge >= 0.3 is 17.3 Å². The summed E-state index contributed by atoms with van der Waals surface area (Å²) in [7, 11) is 1.71. The van der Waals surface area contributed by atoms with Crippen LogP contribution in [0.3, 0.4) is 0 Å². The third-order valence-corrected chi connectivity index (χ3v) is 8.61. The molecular weight excluding hydrogens is 689 g/mol. The number of halogens is 4. The zero-order valence-corrected chi connectivity index (χ0v) is 27.1. The van der Waals surface area contributed by atoms with Crippen LogP contribution in [0.1, 0.15) is 21.5 Å². The predicted molar refractivity (Wildman–Crippen MR) is 184 cm³/mol. The van der Waals surface area contributed by atoms with Gasteiger partial charge in [-0.05, 0) is 47.0 Å². The van der Waals surface area contributed by atoms with Gasteiger partial charge in [0.05, 0.1) is 40.2 Å². The van der Waals surface area contributed by atoms with Crippen LogP contribution < -0.4 is 22.4 Å². The number of carbonyl (C=O) groups is 1. The van der Waals surface area contributed by atoms with E-state index in [4.69, 9.17) is 17.3 Å². The van der Waals surface area contributed by atoms with E-state index in [0.717, 1.165) is 21.3 Å². The normalized spacial score (nSPS) is 11.4. The minimum Gasteiger partial charge on any atom is -0.478 e. The monoisotopic (exact) mass is 712 g/mol.